The second kappa shape index (κ2) is 11.4. The monoisotopic (exact) mass is 522 g/mol. The SMILES string of the molecule is CN(C(=O)c1ccc[nH]1)c1ccc(C(=O)c2ccc(NC(=O)c3ccc(N4CCC(O)CC4)cc3)cc2)cc1. The minimum atomic E-state index is -0.233. The summed E-state index contributed by atoms with van der Waals surface area (Å²) in [7, 11) is 1.68. The molecular weight excluding hydrogens is 492 g/mol. The molecule has 2 amide bonds. The zero-order valence-corrected chi connectivity index (χ0v) is 21.6. The fraction of sp³-hybridized carbons (Fsp3) is 0.194. The highest BCUT2D eigenvalue weighted by atomic mass is 16.3. The van der Waals surface area contributed by atoms with Crippen molar-refractivity contribution in [1.29, 1.82) is 0 Å². The lowest BCUT2D eigenvalue weighted by Crippen LogP contribution is -2.35. The van der Waals surface area contributed by atoms with Crippen LogP contribution in [-0.2, 0) is 0 Å². The van der Waals surface area contributed by atoms with Crippen molar-refractivity contribution in [3.05, 3.63) is 114 Å². The molecule has 1 saturated heterocycles. The first-order chi connectivity index (χ1) is 18.9. The van der Waals surface area contributed by atoms with Gasteiger partial charge in [0.05, 0.1) is 6.10 Å². The predicted molar refractivity (Wildman–Crippen MR) is 152 cm³/mol. The highest BCUT2D eigenvalue weighted by Crippen LogP contribution is 2.22. The first-order valence-corrected chi connectivity index (χ1v) is 12.9. The van der Waals surface area contributed by atoms with Crippen LogP contribution in [0.2, 0.25) is 0 Å². The van der Waals surface area contributed by atoms with Crippen molar-refractivity contribution < 1.29 is 19.5 Å². The number of ketones is 1. The summed E-state index contributed by atoms with van der Waals surface area (Å²) in [5.74, 6) is -0.558. The Hall–Kier alpha value is -4.69. The van der Waals surface area contributed by atoms with Crippen LogP contribution < -0.4 is 15.1 Å². The van der Waals surface area contributed by atoms with Gasteiger partial charge in [0.1, 0.15) is 5.69 Å². The Bertz CT molecular complexity index is 1440. The molecule has 1 aromatic heterocycles. The average molecular weight is 523 g/mol. The van der Waals surface area contributed by atoms with Crippen molar-refractivity contribution >= 4 is 34.7 Å². The average Bonchev–Trinajstić information content (AvgIpc) is 3.52. The van der Waals surface area contributed by atoms with E-state index in [0.717, 1.165) is 31.6 Å². The summed E-state index contributed by atoms with van der Waals surface area (Å²) in [5, 5.41) is 12.6. The lowest BCUT2D eigenvalue weighted by molar-refractivity contribution is 0.0986. The van der Waals surface area contributed by atoms with Crippen molar-refractivity contribution in [2.24, 2.45) is 0 Å². The van der Waals surface area contributed by atoms with Crippen LogP contribution in [0.5, 0.6) is 0 Å². The number of aliphatic hydroxyl groups is 1. The van der Waals surface area contributed by atoms with Crippen molar-refractivity contribution in [2.75, 3.05) is 35.3 Å². The summed E-state index contributed by atoms with van der Waals surface area (Å²) in [6.45, 7) is 1.60. The van der Waals surface area contributed by atoms with Gasteiger partial charge in [0.15, 0.2) is 5.78 Å². The Balaban J connectivity index is 1.18. The number of carbonyl (C=O) groups excluding carboxylic acids is 3. The van der Waals surface area contributed by atoms with Gasteiger partial charge in [0, 0.05) is 60.1 Å². The Morgan fingerprint density at radius 3 is 2.03 bits per heavy atom. The molecule has 0 unspecified atom stereocenters. The standard InChI is InChI=1S/C31H30N4O4/c1-34(31(39)28-3-2-18-32-28)25-12-6-22(7-13-25)29(37)21-4-10-24(11-5-21)33-30(38)23-8-14-26(15-9-23)35-19-16-27(36)17-20-35/h2-15,18,27,32,36H,16-17,19-20H2,1H3,(H,33,38). The molecule has 0 spiro atoms. The van der Waals surface area contributed by atoms with Gasteiger partial charge in [-0.05, 0) is 97.8 Å². The largest absolute Gasteiger partial charge is 0.393 e. The molecular formula is C31H30N4O4. The van der Waals surface area contributed by atoms with Crippen molar-refractivity contribution in [3.8, 4) is 0 Å². The van der Waals surface area contributed by atoms with Crippen LogP contribution in [0.1, 0.15) is 49.6 Å². The van der Waals surface area contributed by atoms with Gasteiger partial charge in [0.25, 0.3) is 11.8 Å². The molecule has 198 valence electrons. The topological polar surface area (TPSA) is 106 Å². The maximum absolute atomic E-state index is 13.0. The molecule has 3 aromatic carbocycles. The predicted octanol–water partition coefficient (Wildman–Crippen LogP) is 4.74. The van der Waals surface area contributed by atoms with Crippen molar-refractivity contribution in [2.45, 2.75) is 18.9 Å². The number of nitrogens with zero attached hydrogens (tertiary/aromatic N) is 2. The first-order valence-electron chi connectivity index (χ1n) is 12.9. The second-order valence-corrected chi connectivity index (χ2v) is 9.62. The third kappa shape index (κ3) is 5.91. The van der Waals surface area contributed by atoms with E-state index in [-0.39, 0.29) is 23.7 Å². The van der Waals surface area contributed by atoms with Crippen LogP contribution in [0.25, 0.3) is 0 Å². The second-order valence-electron chi connectivity index (χ2n) is 9.62. The number of piperidine rings is 1. The number of hydrogen-bond acceptors (Lipinski definition) is 5. The number of hydrogen-bond donors (Lipinski definition) is 3. The molecule has 0 radical (unpaired) electrons. The molecule has 5 rings (SSSR count). The van der Waals surface area contributed by atoms with Crippen molar-refractivity contribution in [3.63, 3.8) is 0 Å². The van der Waals surface area contributed by atoms with E-state index in [2.05, 4.69) is 15.2 Å². The van der Waals surface area contributed by atoms with E-state index in [1.807, 2.05) is 12.1 Å². The van der Waals surface area contributed by atoms with Gasteiger partial charge in [-0.15, -0.1) is 0 Å². The number of aliphatic hydroxyl groups excluding tert-OH is 1. The van der Waals surface area contributed by atoms with E-state index in [4.69, 9.17) is 0 Å². The highest BCUT2D eigenvalue weighted by molar-refractivity contribution is 6.10. The molecule has 1 aliphatic rings. The van der Waals surface area contributed by atoms with Gasteiger partial charge >= 0.3 is 0 Å². The minimum Gasteiger partial charge on any atom is -0.393 e. The van der Waals surface area contributed by atoms with Crippen LogP contribution in [0, 0.1) is 0 Å². The fourth-order valence-corrected chi connectivity index (χ4v) is 4.62. The van der Waals surface area contributed by atoms with E-state index in [1.165, 1.54) is 4.90 Å². The van der Waals surface area contributed by atoms with Crippen LogP contribution in [0.4, 0.5) is 17.1 Å². The molecule has 0 aliphatic carbocycles. The van der Waals surface area contributed by atoms with Crippen LogP contribution in [-0.4, -0.2) is 53.9 Å². The third-order valence-electron chi connectivity index (χ3n) is 7.01. The summed E-state index contributed by atoms with van der Waals surface area (Å²) in [6, 6.07) is 24.5. The zero-order chi connectivity index (χ0) is 27.4. The summed E-state index contributed by atoms with van der Waals surface area (Å²) >= 11 is 0. The normalized spacial score (nSPS) is 13.6. The number of H-pyrrole nitrogens is 1. The number of carbonyl (C=O) groups is 3. The lowest BCUT2D eigenvalue weighted by atomic mass is 10.0. The van der Waals surface area contributed by atoms with E-state index in [1.54, 1.807) is 86.0 Å². The summed E-state index contributed by atoms with van der Waals surface area (Å²) in [6.07, 6.45) is 2.96. The summed E-state index contributed by atoms with van der Waals surface area (Å²) in [4.78, 5) is 44.9. The van der Waals surface area contributed by atoms with Crippen LogP contribution in [0.15, 0.2) is 91.1 Å². The number of amides is 2. The number of aromatic amines is 1. The van der Waals surface area contributed by atoms with Crippen LogP contribution >= 0.6 is 0 Å². The maximum atomic E-state index is 13.0. The smallest absolute Gasteiger partial charge is 0.274 e. The van der Waals surface area contributed by atoms with E-state index in [0.29, 0.717) is 33.8 Å². The number of benzene rings is 3. The Kier molecular flexibility index (Phi) is 7.56. The zero-order valence-electron chi connectivity index (χ0n) is 21.6. The van der Waals surface area contributed by atoms with Gasteiger partial charge < -0.3 is 25.2 Å². The molecule has 0 atom stereocenters. The Morgan fingerprint density at radius 1 is 0.846 bits per heavy atom. The van der Waals surface area contributed by atoms with E-state index in [9.17, 15) is 19.5 Å². The summed E-state index contributed by atoms with van der Waals surface area (Å²) < 4.78 is 0. The van der Waals surface area contributed by atoms with Gasteiger partial charge in [-0.25, -0.2) is 0 Å². The number of anilines is 3. The Labute approximate surface area is 226 Å². The molecule has 3 N–H and O–H groups in total. The third-order valence-corrected chi connectivity index (χ3v) is 7.01. The highest BCUT2D eigenvalue weighted by Gasteiger charge is 2.18. The van der Waals surface area contributed by atoms with Gasteiger partial charge in [0.2, 0.25) is 0 Å². The van der Waals surface area contributed by atoms with E-state index >= 15 is 0 Å². The maximum Gasteiger partial charge on any atom is 0.274 e. The minimum absolute atomic E-state index is 0.154. The quantitative estimate of drug-likeness (QED) is 0.304. The first kappa shape index (κ1) is 25.9. The van der Waals surface area contributed by atoms with Gasteiger partial charge in [-0.3, -0.25) is 14.4 Å². The Morgan fingerprint density at radius 2 is 1.44 bits per heavy atom. The molecule has 1 fully saturated rings. The lowest BCUT2D eigenvalue weighted by Gasteiger charge is -2.31. The number of aromatic nitrogens is 1. The molecule has 0 bridgehead atoms. The summed E-state index contributed by atoms with van der Waals surface area (Å²) in [5.41, 5.74) is 4.31. The van der Waals surface area contributed by atoms with Crippen molar-refractivity contribution in [1.82, 2.24) is 4.98 Å². The van der Waals surface area contributed by atoms with Gasteiger partial charge in [-0.2, -0.15) is 0 Å². The molecule has 0 saturated carbocycles. The van der Waals surface area contributed by atoms with E-state index < -0.39 is 0 Å². The molecule has 8 nitrogen and oxygen atoms in total. The molecule has 4 aromatic rings. The fourth-order valence-electron chi connectivity index (χ4n) is 4.62. The van der Waals surface area contributed by atoms with Gasteiger partial charge in [-0.1, -0.05) is 0 Å². The molecule has 2 heterocycles. The molecule has 8 heteroatoms. The number of rotatable bonds is 7. The molecule has 39 heavy (non-hydrogen) atoms. The number of nitrogens with one attached hydrogen (secondary N) is 2. The van der Waals surface area contributed by atoms with Crippen LogP contribution in [0.3, 0.4) is 0 Å². The molecule has 1 aliphatic heterocycles.